The zero-order chi connectivity index (χ0) is 16.1. The molecule has 2 aromatic rings. The number of hydrogen-bond acceptors (Lipinski definition) is 6. The van der Waals surface area contributed by atoms with Gasteiger partial charge in [-0.15, -0.1) is 17.8 Å². The van der Waals surface area contributed by atoms with E-state index >= 15 is 0 Å². The van der Waals surface area contributed by atoms with Crippen molar-refractivity contribution < 1.29 is 4.79 Å². The monoisotopic (exact) mass is 329 g/mol. The summed E-state index contributed by atoms with van der Waals surface area (Å²) in [5, 5.41) is 5.87. The summed E-state index contributed by atoms with van der Waals surface area (Å²) in [6.07, 6.45) is 7.79. The van der Waals surface area contributed by atoms with Gasteiger partial charge in [-0.05, 0) is 17.9 Å². The number of terminal acetylenes is 1. The fourth-order valence-electron chi connectivity index (χ4n) is 2.78. The van der Waals surface area contributed by atoms with E-state index in [1.165, 1.54) is 0 Å². The molecule has 3 rings (SSSR count). The Kier molecular flexibility index (Phi) is 5.05. The quantitative estimate of drug-likeness (QED) is 0.847. The van der Waals surface area contributed by atoms with Gasteiger partial charge >= 0.3 is 0 Å². The van der Waals surface area contributed by atoms with E-state index in [2.05, 4.69) is 37.1 Å². The lowest BCUT2D eigenvalue weighted by molar-refractivity contribution is -0.121. The first kappa shape index (κ1) is 15.7. The molecule has 6 nitrogen and oxygen atoms in total. The molecule has 0 radical (unpaired) electrons. The number of thiophene rings is 1. The van der Waals surface area contributed by atoms with Gasteiger partial charge in [-0.25, -0.2) is 9.97 Å². The van der Waals surface area contributed by atoms with Crippen LogP contribution in [0.25, 0.3) is 10.2 Å². The van der Waals surface area contributed by atoms with Gasteiger partial charge < -0.3 is 10.2 Å². The number of anilines is 1. The maximum absolute atomic E-state index is 11.8. The smallest absolute Gasteiger partial charge is 0.234 e. The van der Waals surface area contributed by atoms with Gasteiger partial charge in [0, 0.05) is 26.2 Å². The number of aromatic nitrogens is 2. The number of hydrogen-bond donors (Lipinski definition) is 1. The Morgan fingerprint density at radius 2 is 2.26 bits per heavy atom. The maximum Gasteiger partial charge on any atom is 0.234 e. The van der Waals surface area contributed by atoms with Crippen LogP contribution in [0.2, 0.25) is 0 Å². The van der Waals surface area contributed by atoms with Crippen LogP contribution in [0.1, 0.15) is 6.42 Å². The molecule has 1 aliphatic rings. The van der Waals surface area contributed by atoms with Crippen molar-refractivity contribution in [1.29, 1.82) is 0 Å². The van der Waals surface area contributed by atoms with Gasteiger partial charge in [0.05, 0.1) is 18.5 Å². The van der Waals surface area contributed by atoms with Crippen molar-refractivity contribution in [2.24, 2.45) is 0 Å². The summed E-state index contributed by atoms with van der Waals surface area (Å²) < 4.78 is 0. The van der Waals surface area contributed by atoms with Crippen molar-refractivity contribution >= 4 is 33.3 Å². The second-order valence-electron chi connectivity index (χ2n) is 5.43. The molecular weight excluding hydrogens is 310 g/mol. The molecule has 1 amide bonds. The van der Waals surface area contributed by atoms with Crippen molar-refractivity contribution in [2.45, 2.75) is 6.42 Å². The Bertz CT molecular complexity index is 723. The first-order valence-corrected chi connectivity index (χ1v) is 8.51. The first-order chi connectivity index (χ1) is 11.3. The maximum atomic E-state index is 11.8. The van der Waals surface area contributed by atoms with E-state index in [9.17, 15) is 4.79 Å². The molecule has 0 atom stereocenters. The molecule has 0 saturated carbocycles. The third-order valence-electron chi connectivity index (χ3n) is 3.88. The van der Waals surface area contributed by atoms with Crippen LogP contribution < -0.4 is 10.2 Å². The van der Waals surface area contributed by atoms with Crippen molar-refractivity contribution in [3.8, 4) is 12.3 Å². The number of carbonyl (C=O) groups is 1. The van der Waals surface area contributed by atoms with Crippen LogP contribution in [-0.4, -0.2) is 60.0 Å². The fraction of sp³-hybridized carbons (Fsp3) is 0.438. The van der Waals surface area contributed by atoms with Gasteiger partial charge in [0.25, 0.3) is 0 Å². The molecule has 0 aromatic carbocycles. The van der Waals surface area contributed by atoms with Gasteiger partial charge in [0.15, 0.2) is 0 Å². The van der Waals surface area contributed by atoms with Crippen LogP contribution in [0.4, 0.5) is 5.82 Å². The highest BCUT2D eigenvalue weighted by Crippen LogP contribution is 2.27. The van der Waals surface area contributed by atoms with Crippen molar-refractivity contribution in [2.75, 3.05) is 44.2 Å². The zero-order valence-electron chi connectivity index (χ0n) is 12.9. The summed E-state index contributed by atoms with van der Waals surface area (Å²) in [5.74, 6) is 3.40. The SMILES string of the molecule is C#CCNC(=O)CN1CCCN(c2ncnc3sccc23)CC1. The standard InChI is InChI=1S/C16H19N5OS/c1-2-5-17-14(22)11-20-6-3-7-21(9-8-20)15-13-4-10-23-16(13)19-12-18-15/h1,4,10,12H,3,5-9,11H2,(H,17,22). The summed E-state index contributed by atoms with van der Waals surface area (Å²) in [5.41, 5.74) is 0. The third-order valence-corrected chi connectivity index (χ3v) is 4.70. The fourth-order valence-corrected chi connectivity index (χ4v) is 3.51. The van der Waals surface area contributed by atoms with Gasteiger partial charge in [-0.3, -0.25) is 9.69 Å². The zero-order valence-corrected chi connectivity index (χ0v) is 13.7. The lowest BCUT2D eigenvalue weighted by atomic mass is 10.3. The average molecular weight is 329 g/mol. The molecule has 2 aromatic heterocycles. The van der Waals surface area contributed by atoms with E-state index in [0.717, 1.165) is 48.6 Å². The minimum absolute atomic E-state index is 0.0151. The predicted molar refractivity (Wildman–Crippen MR) is 92.5 cm³/mol. The van der Waals surface area contributed by atoms with Crippen molar-refractivity contribution in [3.05, 3.63) is 17.8 Å². The molecule has 0 aliphatic carbocycles. The van der Waals surface area contributed by atoms with Crippen molar-refractivity contribution in [1.82, 2.24) is 20.2 Å². The highest BCUT2D eigenvalue weighted by Gasteiger charge is 2.19. The Hall–Kier alpha value is -2.17. The van der Waals surface area contributed by atoms with E-state index in [4.69, 9.17) is 6.42 Å². The molecule has 0 spiro atoms. The molecule has 7 heteroatoms. The molecule has 120 valence electrons. The number of nitrogens with one attached hydrogen (secondary N) is 1. The van der Waals surface area contributed by atoms with Crippen LogP contribution in [0.15, 0.2) is 17.8 Å². The summed E-state index contributed by atoms with van der Waals surface area (Å²) in [6.45, 7) is 4.20. The minimum Gasteiger partial charge on any atom is -0.355 e. The molecular formula is C16H19N5OS. The van der Waals surface area contributed by atoms with E-state index in [1.807, 2.05) is 5.38 Å². The Morgan fingerprint density at radius 3 is 3.13 bits per heavy atom. The molecule has 1 saturated heterocycles. The Balaban J connectivity index is 1.64. The van der Waals surface area contributed by atoms with E-state index in [-0.39, 0.29) is 12.5 Å². The lowest BCUT2D eigenvalue weighted by Gasteiger charge is -2.22. The molecule has 0 unspecified atom stereocenters. The van der Waals surface area contributed by atoms with Crippen LogP contribution in [0, 0.1) is 12.3 Å². The van der Waals surface area contributed by atoms with Crippen molar-refractivity contribution in [3.63, 3.8) is 0 Å². The molecule has 1 fully saturated rings. The topological polar surface area (TPSA) is 61.4 Å². The number of nitrogens with zero attached hydrogens (tertiary/aromatic N) is 4. The van der Waals surface area contributed by atoms with Gasteiger partial charge in [0.1, 0.15) is 17.0 Å². The minimum atomic E-state index is -0.0151. The highest BCUT2D eigenvalue weighted by molar-refractivity contribution is 7.16. The molecule has 0 bridgehead atoms. The predicted octanol–water partition coefficient (Wildman–Crippen LogP) is 0.953. The second-order valence-corrected chi connectivity index (χ2v) is 6.33. The Morgan fingerprint density at radius 1 is 1.35 bits per heavy atom. The Labute approximate surface area is 139 Å². The van der Waals surface area contributed by atoms with Crippen LogP contribution in [-0.2, 0) is 4.79 Å². The van der Waals surface area contributed by atoms with E-state index in [0.29, 0.717) is 6.54 Å². The van der Waals surface area contributed by atoms with Crippen LogP contribution >= 0.6 is 11.3 Å². The summed E-state index contributed by atoms with van der Waals surface area (Å²) in [4.78, 5) is 26.0. The molecule has 3 heterocycles. The number of carbonyl (C=O) groups excluding carboxylic acids is 1. The molecule has 1 N–H and O–H groups in total. The summed E-state index contributed by atoms with van der Waals surface area (Å²) in [6, 6.07) is 2.07. The van der Waals surface area contributed by atoms with Crippen LogP contribution in [0.5, 0.6) is 0 Å². The highest BCUT2D eigenvalue weighted by atomic mass is 32.1. The normalized spacial score (nSPS) is 16.0. The number of fused-ring (bicyclic) bond motifs is 1. The van der Waals surface area contributed by atoms with E-state index in [1.54, 1.807) is 17.7 Å². The van der Waals surface area contributed by atoms with Gasteiger partial charge in [-0.1, -0.05) is 5.92 Å². The number of amides is 1. The molecule has 1 aliphatic heterocycles. The first-order valence-electron chi connectivity index (χ1n) is 7.63. The largest absolute Gasteiger partial charge is 0.355 e. The van der Waals surface area contributed by atoms with Gasteiger partial charge in [-0.2, -0.15) is 0 Å². The summed E-state index contributed by atoms with van der Waals surface area (Å²) in [7, 11) is 0. The second kappa shape index (κ2) is 7.40. The molecule has 23 heavy (non-hydrogen) atoms. The van der Waals surface area contributed by atoms with Gasteiger partial charge in [0.2, 0.25) is 5.91 Å². The van der Waals surface area contributed by atoms with Crippen LogP contribution in [0.3, 0.4) is 0 Å². The number of rotatable bonds is 4. The summed E-state index contributed by atoms with van der Waals surface area (Å²) >= 11 is 1.63. The average Bonchev–Trinajstić information content (AvgIpc) is 2.93. The van der Waals surface area contributed by atoms with E-state index < -0.39 is 0 Å². The third kappa shape index (κ3) is 3.78. The lowest BCUT2D eigenvalue weighted by Crippen LogP contribution is -2.39.